The molecule has 2 aromatic carbocycles. The Balaban J connectivity index is 1.77. The largest absolute Gasteiger partial charge is 0.493 e. The number of amidine groups is 1. The van der Waals surface area contributed by atoms with E-state index in [1.54, 1.807) is 25.3 Å². The summed E-state index contributed by atoms with van der Waals surface area (Å²) in [5, 5.41) is 3.21. The van der Waals surface area contributed by atoms with Gasteiger partial charge >= 0.3 is 0 Å². The van der Waals surface area contributed by atoms with Gasteiger partial charge in [-0.05, 0) is 24.3 Å². The highest BCUT2D eigenvalue weighted by Gasteiger charge is 2.12. The van der Waals surface area contributed by atoms with Crippen LogP contribution in [0.5, 0.6) is 11.5 Å². The summed E-state index contributed by atoms with van der Waals surface area (Å²) in [6.45, 7) is 1.79. The molecule has 1 aliphatic rings. The summed E-state index contributed by atoms with van der Waals surface area (Å²) < 4.78 is 24.7. The van der Waals surface area contributed by atoms with Crippen molar-refractivity contribution in [2.75, 3.05) is 20.2 Å². The fourth-order valence-electron chi connectivity index (χ4n) is 2.30. The van der Waals surface area contributed by atoms with E-state index < -0.39 is 0 Å². The van der Waals surface area contributed by atoms with E-state index in [1.807, 2.05) is 18.2 Å². The third kappa shape index (κ3) is 3.03. The van der Waals surface area contributed by atoms with Gasteiger partial charge in [0.2, 0.25) is 0 Å². The van der Waals surface area contributed by atoms with Crippen molar-refractivity contribution in [1.82, 2.24) is 5.32 Å². The fourth-order valence-corrected chi connectivity index (χ4v) is 2.30. The molecule has 0 bridgehead atoms. The number of nitrogens with one attached hydrogen (secondary N) is 1. The van der Waals surface area contributed by atoms with Gasteiger partial charge in [0.05, 0.1) is 13.7 Å². The van der Waals surface area contributed by atoms with Gasteiger partial charge in [0.15, 0.2) is 11.5 Å². The number of halogens is 1. The van der Waals surface area contributed by atoms with Crippen LogP contribution in [0, 0.1) is 5.82 Å². The molecule has 0 aliphatic carbocycles. The molecular formula is C17H17FN2O2. The Labute approximate surface area is 128 Å². The van der Waals surface area contributed by atoms with Crippen LogP contribution in [0.25, 0.3) is 0 Å². The number of aliphatic imine (C=N–C) groups is 1. The van der Waals surface area contributed by atoms with Gasteiger partial charge < -0.3 is 14.8 Å². The average Bonchev–Trinajstić information content (AvgIpc) is 3.08. The summed E-state index contributed by atoms with van der Waals surface area (Å²) in [6.07, 6.45) is 0. The molecule has 0 amide bonds. The molecule has 1 heterocycles. The fraction of sp³-hybridized carbons (Fsp3) is 0.235. The molecule has 0 radical (unpaired) electrons. The van der Waals surface area contributed by atoms with Crippen LogP contribution in [0.4, 0.5) is 4.39 Å². The summed E-state index contributed by atoms with van der Waals surface area (Å²) in [5.41, 5.74) is 1.46. The van der Waals surface area contributed by atoms with Gasteiger partial charge in [-0.25, -0.2) is 4.39 Å². The van der Waals surface area contributed by atoms with Crippen LogP contribution in [0.15, 0.2) is 47.5 Å². The van der Waals surface area contributed by atoms with Crippen LogP contribution in [0.3, 0.4) is 0 Å². The molecule has 1 N–H and O–H groups in total. The first kappa shape index (κ1) is 14.4. The van der Waals surface area contributed by atoms with Gasteiger partial charge in [0.25, 0.3) is 0 Å². The molecule has 0 atom stereocenters. The van der Waals surface area contributed by atoms with E-state index in [2.05, 4.69) is 10.3 Å². The molecule has 114 valence electrons. The lowest BCUT2D eigenvalue weighted by molar-refractivity contribution is 0.279. The average molecular weight is 300 g/mol. The second-order valence-electron chi connectivity index (χ2n) is 4.90. The molecule has 0 unspecified atom stereocenters. The standard InChI is InChI=1S/C17H17FN2O2/c1-21-16-10-12(17-19-8-9-20-17)6-7-15(16)22-11-13-4-2-3-5-14(13)18/h2-7,10H,8-9,11H2,1H3,(H,19,20). The van der Waals surface area contributed by atoms with Gasteiger partial charge in [0.1, 0.15) is 18.3 Å². The van der Waals surface area contributed by atoms with Gasteiger partial charge in [-0.3, -0.25) is 4.99 Å². The Bertz CT molecular complexity index is 701. The molecule has 0 aromatic heterocycles. The molecule has 5 heteroatoms. The van der Waals surface area contributed by atoms with E-state index in [4.69, 9.17) is 9.47 Å². The molecular weight excluding hydrogens is 283 g/mol. The van der Waals surface area contributed by atoms with E-state index in [9.17, 15) is 4.39 Å². The first-order chi connectivity index (χ1) is 10.8. The molecule has 2 aromatic rings. The number of hydrogen-bond donors (Lipinski definition) is 1. The van der Waals surface area contributed by atoms with Gasteiger partial charge in [0, 0.05) is 17.7 Å². The van der Waals surface area contributed by atoms with Crippen molar-refractivity contribution in [3.63, 3.8) is 0 Å². The lowest BCUT2D eigenvalue weighted by Crippen LogP contribution is -2.19. The van der Waals surface area contributed by atoms with Crippen molar-refractivity contribution in [3.8, 4) is 11.5 Å². The van der Waals surface area contributed by atoms with Crippen LogP contribution < -0.4 is 14.8 Å². The van der Waals surface area contributed by atoms with Crippen LogP contribution in [0.2, 0.25) is 0 Å². The van der Waals surface area contributed by atoms with E-state index in [0.29, 0.717) is 17.1 Å². The maximum atomic E-state index is 13.6. The summed E-state index contributed by atoms with van der Waals surface area (Å²) >= 11 is 0. The van der Waals surface area contributed by atoms with E-state index in [1.165, 1.54) is 6.07 Å². The molecule has 3 rings (SSSR count). The number of ether oxygens (including phenoxy) is 2. The van der Waals surface area contributed by atoms with Gasteiger partial charge in [-0.2, -0.15) is 0 Å². The third-order valence-electron chi connectivity index (χ3n) is 3.45. The zero-order valence-electron chi connectivity index (χ0n) is 12.3. The SMILES string of the molecule is COc1cc(C2=NCCN2)ccc1OCc1ccccc1F. The normalized spacial score (nSPS) is 13.5. The summed E-state index contributed by atoms with van der Waals surface area (Å²) in [6, 6.07) is 12.2. The van der Waals surface area contributed by atoms with Crippen LogP contribution >= 0.6 is 0 Å². The van der Waals surface area contributed by atoms with Crippen molar-refractivity contribution < 1.29 is 13.9 Å². The minimum atomic E-state index is -0.275. The van der Waals surface area contributed by atoms with Gasteiger partial charge in [-0.15, -0.1) is 0 Å². The van der Waals surface area contributed by atoms with Crippen molar-refractivity contribution in [2.45, 2.75) is 6.61 Å². The van der Waals surface area contributed by atoms with E-state index in [0.717, 1.165) is 24.5 Å². The Morgan fingerprint density at radius 3 is 2.77 bits per heavy atom. The van der Waals surface area contributed by atoms with E-state index in [-0.39, 0.29) is 12.4 Å². The number of nitrogens with zero attached hydrogens (tertiary/aromatic N) is 1. The summed E-state index contributed by atoms with van der Waals surface area (Å²) in [5.74, 6) is 1.76. The molecule has 22 heavy (non-hydrogen) atoms. The molecule has 0 saturated heterocycles. The number of hydrogen-bond acceptors (Lipinski definition) is 4. The highest BCUT2D eigenvalue weighted by Crippen LogP contribution is 2.29. The number of rotatable bonds is 5. The molecule has 0 spiro atoms. The number of methoxy groups -OCH3 is 1. The molecule has 1 aliphatic heterocycles. The summed E-state index contributed by atoms with van der Waals surface area (Å²) in [4.78, 5) is 4.38. The molecule has 0 saturated carbocycles. The zero-order valence-corrected chi connectivity index (χ0v) is 12.3. The number of benzene rings is 2. The zero-order chi connectivity index (χ0) is 15.4. The smallest absolute Gasteiger partial charge is 0.161 e. The minimum Gasteiger partial charge on any atom is -0.493 e. The van der Waals surface area contributed by atoms with Gasteiger partial charge in [-0.1, -0.05) is 18.2 Å². The van der Waals surface area contributed by atoms with Crippen molar-refractivity contribution in [2.24, 2.45) is 4.99 Å². The first-order valence-corrected chi connectivity index (χ1v) is 7.11. The first-order valence-electron chi connectivity index (χ1n) is 7.11. The van der Waals surface area contributed by atoms with Crippen LogP contribution in [-0.2, 0) is 6.61 Å². The highest BCUT2D eigenvalue weighted by molar-refractivity contribution is 6.00. The maximum absolute atomic E-state index is 13.6. The van der Waals surface area contributed by atoms with Crippen molar-refractivity contribution in [3.05, 3.63) is 59.4 Å². The lowest BCUT2D eigenvalue weighted by atomic mass is 10.2. The second-order valence-corrected chi connectivity index (χ2v) is 4.90. The highest BCUT2D eigenvalue weighted by atomic mass is 19.1. The monoisotopic (exact) mass is 300 g/mol. The lowest BCUT2D eigenvalue weighted by Gasteiger charge is -2.13. The summed E-state index contributed by atoms with van der Waals surface area (Å²) in [7, 11) is 1.58. The Morgan fingerprint density at radius 2 is 2.05 bits per heavy atom. The Morgan fingerprint density at radius 1 is 1.18 bits per heavy atom. The maximum Gasteiger partial charge on any atom is 0.161 e. The minimum absolute atomic E-state index is 0.154. The van der Waals surface area contributed by atoms with Crippen LogP contribution in [0.1, 0.15) is 11.1 Å². The van der Waals surface area contributed by atoms with E-state index >= 15 is 0 Å². The second kappa shape index (κ2) is 6.47. The topological polar surface area (TPSA) is 42.8 Å². The van der Waals surface area contributed by atoms with Crippen molar-refractivity contribution >= 4 is 5.84 Å². The third-order valence-corrected chi connectivity index (χ3v) is 3.45. The molecule has 4 nitrogen and oxygen atoms in total. The van der Waals surface area contributed by atoms with Crippen molar-refractivity contribution in [1.29, 1.82) is 0 Å². The quantitative estimate of drug-likeness (QED) is 0.923. The Hall–Kier alpha value is -2.56. The Kier molecular flexibility index (Phi) is 4.23. The predicted molar refractivity (Wildman–Crippen MR) is 83.1 cm³/mol. The molecule has 0 fully saturated rings. The van der Waals surface area contributed by atoms with Crippen LogP contribution in [-0.4, -0.2) is 26.0 Å². The predicted octanol–water partition coefficient (Wildman–Crippen LogP) is 2.76.